The van der Waals surface area contributed by atoms with Gasteiger partial charge < -0.3 is 29.0 Å². The number of aromatic nitrogens is 4. The van der Waals surface area contributed by atoms with Crippen molar-refractivity contribution >= 4 is 50.7 Å². The number of ether oxygens (including phenoxy) is 4. The molecule has 6 heterocycles. The van der Waals surface area contributed by atoms with Crippen LogP contribution in [0.15, 0.2) is 67.4 Å². The highest BCUT2D eigenvalue weighted by Crippen LogP contribution is 2.53. The number of hydrogen-bond acceptors (Lipinski definition) is 12. The van der Waals surface area contributed by atoms with Crippen molar-refractivity contribution in [1.29, 1.82) is 0 Å². The first-order valence-electron chi connectivity index (χ1n) is 18.7. The second-order valence-corrected chi connectivity index (χ2v) is 16.1. The maximum atomic E-state index is 14.3. The fourth-order valence-corrected chi connectivity index (χ4v) is 8.93. The molecule has 12 nitrogen and oxygen atoms in total. The number of halogens is 3. The van der Waals surface area contributed by atoms with E-state index in [1.165, 1.54) is 36.1 Å². The minimum absolute atomic E-state index is 0.0378. The maximum Gasteiger partial charge on any atom is 0.345 e. The second-order valence-electron chi connectivity index (χ2n) is 14.3. The molecule has 2 atom stereocenters. The van der Waals surface area contributed by atoms with E-state index >= 15 is 0 Å². The molecule has 16 heteroatoms. The van der Waals surface area contributed by atoms with Crippen LogP contribution in [-0.4, -0.2) is 99.4 Å². The first-order chi connectivity index (χ1) is 28.0. The van der Waals surface area contributed by atoms with Gasteiger partial charge in [0.25, 0.3) is 0 Å². The van der Waals surface area contributed by atoms with E-state index in [0.29, 0.717) is 88.0 Å². The third-order valence-corrected chi connectivity index (χ3v) is 12.4. The van der Waals surface area contributed by atoms with Gasteiger partial charge >= 0.3 is 5.97 Å². The van der Waals surface area contributed by atoms with Gasteiger partial charge in [0.2, 0.25) is 12.0 Å². The highest BCUT2D eigenvalue weighted by molar-refractivity contribution is 7.22. The van der Waals surface area contributed by atoms with E-state index in [2.05, 4.69) is 36.8 Å². The maximum absolute atomic E-state index is 14.3. The molecule has 300 valence electrons. The molecule has 3 aliphatic heterocycles. The summed E-state index contributed by atoms with van der Waals surface area (Å²) in [6.45, 7) is 8.03. The first-order valence-corrected chi connectivity index (χ1v) is 20.2. The van der Waals surface area contributed by atoms with E-state index in [-0.39, 0.29) is 25.5 Å². The van der Waals surface area contributed by atoms with Gasteiger partial charge in [-0.1, -0.05) is 35.3 Å². The quantitative estimate of drug-likeness (QED) is 0.168. The summed E-state index contributed by atoms with van der Waals surface area (Å²) in [6.07, 6.45) is 2.32. The van der Waals surface area contributed by atoms with Crippen LogP contribution in [0.2, 0.25) is 10.0 Å². The average Bonchev–Trinajstić information content (AvgIpc) is 3.61. The predicted octanol–water partition coefficient (Wildman–Crippen LogP) is 7.92. The molecular formula is C42H39Cl2FN6O6S. The van der Waals surface area contributed by atoms with E-state index in [9.17, 15) is 14.3 Å². The van der Waals surface area contributed by atoms with Crippen molar-refractivity contribution in [1.82, 2.24) is 29.7 Å². The molecule has 0 spiro atoms. The van der Waals surface area contributed by atoms with Crippen molar-refractivity contribution in [2.45, 2.75) is 39.1 Å². The number of nitrogens with zero attached hydrogens (tertiary/aromatic N) is 6. The van der Waals surface area contributed by atoms with E-state index in [1.54, 1.807) is 42.6 Å². The van der Waals surface area contributed by atoms with Crippen molar-refractivity contribution in [3.63, 3.8) is 0 Å². The Balaban J connectivity index is 1.31. The standard InChI is InChI=1S/C42H39Cl2FN6O6S/c1-23-33-24(2)37(44)38(36(23)43)56-30(18-51-14-12-50(3)13-15-51)20-54-29-8-9-31(55-19-28-10-11-46-21-47-28)26(16-29)17-32(42(52)53)57-40-35-34(33)39(58-41(35)49-22-48-40)25-4-6-27(45)7-5-25/h4-11,16,21-22,30,32H,12-15,17-20H2,1-3H3,(H,52,53)/t30-,32-/m1/s1. The van der Waals surface area contributed by atoms with Crippen LogP contribution in [-0.2, 0) is 17.8 Å². The molecule has 0 aliphatic carbocycles. The van der Waals surface area contributed by atoms with Crippen LogP contribution >= 0.6 is 34.5 Å². The number of likely N-dealkylation sites (N-methyl/N-ethyl adjacent to an activating group) is 1. The van der Waals surface area contributed by atoms with Gasteiger partial charge in [0.15, 0.2) is 5.75 Å². The van der Waals surface area contributed by atoms with Gasteiger partial charge in [0.05, 0.1) is 21.1 Å². The van der Waals surface area contributed by atoms with Crippen LogP contribution in [0.1, 0.15) is 22.4 Å². The number of rotatable bonds is 7. The predicted molar refractivity (Wildman–Crippen MR) is 220 cm³/mol. The average molecular weight is 846 g/mol. The third-order valence-electron chi connectivity index (χ3n) is 10.4. The molecule has 1 saturated heterocycles. The molecule has 0 saturated carbocycles. The zero-order chi connectivity index (χ0) is 40.5. The fourth-order valence-electron chi connectivity index (χ4n) is 7.27. The lowest BCUT2D eigenvalue weighted by molar-refractivity contribution is -0.145. The number of carboxylic acids is 1. The summed E-state index contributed by atoms with van der Waals surface area (Å²) >= 11 is 15.9. The van der Waals surface area contributed by atoms with Gasteiger partial charge in [-0.25, -0.2) is 29.1 Å². The van der Waals surface area contributed by atoms with Crippen LogP contribution in [0.25, 0.3) is 31.8 Å². The molecule has 1 fully saturated rings. The van der Waals surface area contributed by atoms with Crippen LogP contribution in [0.4, 0.5) is 4.39 Å². The summed E-state index contributed by atoms with van der Waals surface area (Å²) in [5, 5.41) is 11.8. The normalized spacial score (nSPS) is 17.6. The number of piperazine rings is 1. The van der Waals surface area contributed by atoms with E-state index < -0.39 is 24.0 Å². The lowest BCUT2D eigenvalue weighted by Crippen LogP contribution is -2.49. The molecule has 3 aliphatic rings. The molecule has 0 radical (unpaired) electrons. The first kappa shape index (κ1) is 39.7. The SMILES string of the molecule is Cc1c(Cl)c2c(Cl)c(C)c1-c1c(-c3ccc(F)cc3)sc3ncnc(c13)O[C@@H](C(=O)O)Cc1cc(ccc1OCc1ccncn1)OC[C@@H](CN1CCN(C)CC1)O2. The Hall–Kier alpha value is -5.12. The number of thiophene rings is 1. The van der Waals surface area contributed by atoms with E-state index in [1.807, 2.05) is 13.8 Å². The molecule has 1 N–H and O–H groups in total. The summed E-state index contributed by atoms with van der Waals surface area (Å²) in [7, 11) is 2.10. The molecule has 3 aromatic heterocycles. The molecule has 9 rings (SSSR count). The highest BCUT2D eigenvalue weighted by atomic mass is 35.5. The Labute approximate surface area is 348 Å². The van der Waals surface area contributed by atoms with Gasteiger partial charge in [-0.2, -0.15) is 0 Å². The Bertz CT molecular complexity index is 2440. The summed E-state index contributed by atoms with van der Waals surface area (Å²) in [6, 6.07) is 13.1. The number of hydrogen-bond donors (Lipinski definition) is 1. The van der Waals surface area contributed by atoms with Crippen LogP contribution < -0.4 is 18.9 Å². The second kappa shape index (κ2) is 17.0. The van der Waals surface area contributed by atoms with Crippen molar-refractivity contribution in [3.8, 4) is 44.7 Å². The Morgan fingerprint density at radius 2 is 1.72 bits per heavy atom. The van der Waals surface area contributed by atoms with E-state index in [0.717, 1.165) is 26.2 Å². The van der Waals surface area contributed by atoms with Crippen molar-refractivity contribution in [2.24, 2.45) is 0 Å². The topological polar surface area (TPSA) is 132 Å². The van der Waals surface area contributed by atoms with Crippen LogP contribution in [0.3, 0.4) is 0 Å². The molecule has 3 aromatic carbocycles. The molecule has 0 amide bonds. The van der Waals surface area contributed by atoms with Crippen molar-refractivity contribution in [2.75, 3.05) is 46.4 Å². The Morgan fingerprint density at radius 1 is 0.966 bits per heavy atom. The highest BCUT2D eigenvalue weighted by Gasteiger charge is 2.32. The van der Waals surface area contributed by atoms with Crippen LogP contribution in [0, 0.1) is 19.7 Å². The number of carboxylic acid groups (broad SMARTS) is 1. The molecular weight excluding hydrogens is 806 g/mol. The van der Waals surface area contributed by atoms with Gasteiger partial charge in [0.1, 0.15) is 54.1 Å². The van der Waals surface area contributed by atoms with E-state index in [4.69, 9.17) is 42.1 Å². The summed E-state index contributed by atoms with van der Waals surface area (Å²) in [4.78, 5) is 36.3. The van der Waals surface area contributed by atoms with Gasteiger partial charge in [-0.05, 0) is 79.5 Å². The summed E-state index contributed by atoms with van der Waals surface area (Å²) in [5.74, 6) is -0.360. The largest absolute Gasteiger partial charge is 0.490 e. The summed E-state index contributed by atoms with van der Waals surface area (Å²) < 4.78 is 40.1. The molecule has 58 heavy (non-hydrogen) atoms. The van der Waals surface area contributed by atoms with Gasteiger partial charge in [-0.3, -0.25) is 4.90 Å². The van der Waals surface area contributed by atoms with Gasteiger partial charge in [-0.15, -0.1) is 11.3 Å². The number of aliphatic carboxylic acids is 1. The van der Waals surface area contributed by atoms with Crippen molar-refractivity contribution in [3.05, 3.63) is 106 Å². The minimum atomic E-state index is -1.43. The zero-order valence-corrected chi connectivity index (χ0v) is 34.2. The Kier molecular flexibility index (Phi) is 11.6. The smallest absolute Gasteiger partial charge is 0.345 e. The fraction of sp³-hybridized carbons (Fsp3) is 0.310. The number of fused-ring (bicyclic) bond motifs is 7. The Morgan fingerprint density at radius 3 is 2.43 bits per heavy atom. The van der Waals surface area contributed by atoms with Crippen molar-refractivity contribution < 1.29 is 33.2 Å². The van der Waals surface area contributed by atoms with Crippen LogP contribution in [0.5, 0.6) is 23.1 Å². The lowest BCUT2D eigenvalue weighted by Gasteiger charge is -2.35. The molecule has 6 aromatic rings. The monoisotopic (exact) mass is 844 g/mol. The number of benzene rings is 3. The summed E-state index contributed by atoms with van der Waals surface area (Å²) in [5.41, 5.74) is 4.47. The third kappa shape index (κ3) is 8.25. The molecule has 4 bridgehead atoms. The van der Waals surface area contributed by atoms with Gasteiger partial charge in [0, 0.05) is 61.3 Å². The number of carbonyl (C=O) groups is 1. The molecule has 0 unspecified atom stereocenters. The minimum Gasteiger partial charge on any atom is -0.490 e. The lowest BCUT2D eigenvalue weighted by atomic mass is 9.92. The zero-order valence-electron chi connectivity index (χ0n) is 31.9.